The maximum atomic E-state index is 12.0. The summed E-state index contributed by atoms with van der Waals surface area (Å²) in [6.45, 7) is 5.76. The highest BCUT2D eigenvalue weighted by Crippen LogP contribution is 2.78. The van der Waals surface area contributed by atoms with Crippen LogP contribution in [0.4, 0.5) is 0 Å². The molecule has 5 aliphatic carbocycles. The van der Waals surface area contributed by atoms with Crippen LogP contribution in [0, 0.1) is 46.8 Å². The molecule has 0 saturated heterocycles. The Bertz CT molecular complexity index is 720. The van der Waals surface area contributed by atoms with Gasteiger partial charge in [0.15, 0.2) is 5.78 Å². The van der Waals surface area contributed by atoms with E-state index in [9.17, 15) is 4.79 Å². The molecule has 1 aliphatic heterocycles. The first-order valence-corrected chi connectivity index (χ1v) is 11.2. The van der Waals surface area contributed by atoms with Crippen LogP contribution in [0.25, 0.3) is 0 Å². The lowest BCUT2D eigenvalue weighted by molar-refractivity contribution is -0.150. The highest BCUT2D eigenvalue weighted by Gasteiger charge is 2.77. The lowest BCUT2D eigenvalue weighted by Gasteiger charge is -2.60. The van der Waals surface area contributed by atoms with E-state index >= 15 is 0 Å². The Morgan fingerprint density at radius 1 is 1.27 bits per heavy atom. The lowest BCUT2D eigenvalue weighted by Crippen LogP contribution is -2.57. The molecule has 0 N–H and O–H groups in total. The Morgan fingerprint density at radius 2 is 2.15 bits per heavy atom. The summed E-state index contributed by atoms with van der Waals surface area (Å²) in [6, 6.07) is 0. The molecule has 0 aromatic carbocycles. The van der Waals surface area contributed by atoms with Crippen molar-refractivity contribution in [1.29, 1.82) is 0 Å². The summed E-state index contributed by atoms with van der Waals surface area (Å²) in [5.74, 6) is 6.05. The predicted molar refractivity (Wildman–Crippen MR) is 101 cm³/mol. The van der Waals surface area contributed by atoms with Gasteiger partial charge in [-0.1, -0.05) is 31.6 Å². The molecule has 6 rings (SSSR count). The van der Waals surface area contributed by atoms with E-state index < -0.39 is 0 Å². The number of ketones is 1. The third-order valence-electron chi connectivity index (χ3n) is 9.77. The molecule has 0 aromatic rings. The van der Waals surface area contributed by atoms with Crippen molar-refractivity contribution < 1.29 is 9.53 Å². The molecular weight excluding hydrogens is 320 g/mol. The molecule has 0 bridgehead atoms. The zero-order valence-electron chi connectivity index (χ0n) is 16.2. The van der Waals surface area contributed by atoms with Crippen LogP contribution in [-0.2, 0) is 9.53 Å². The van der Waals surface area contributed by atoms with Gasteiger partial charge in [0.25, 0.3) is 0 Å². The Kier molecular flexibility index (Phi) is 3.18. The summed E-state index contributed by atoms with van der Waals surface area (Å²) in [5, 5.41) is 0. The molecule has 0 radical (unpaired) electrons. The largest absolute Gasteiger partial charge is 0.366 e. The fraction of sp³-hybridized carbons (Fsp3) is 0.792. The number of hydrogen-bond donors (Lipinski definition) is 0. The van der Waals surface area contributed by atoms with Gasteiger partial charge in [-0.3, -0.25) is 4.79 Å². The van der Waals surface area contributed by atoms with E-state index in [2.05, 4.69) is 26.0 Å². The molecule has 5 unspecified atom stereocenters. The molecule has 6 aliphatic rings. The van der Waals surface area contributed by atoms with Gasteiger partial charge in [-0.15, -0.1) is 0 Å². The zero-order chi connectivity index (χ0) is 17.7. The number of hydrogen-bond acceptors (Lipinski definition) is 2. The van der Waals surface area contributed by atoms with Gasteiger partial charge in [0.1, 0.15) is 0 Å². The molecule has 0 amide bonds. The molecule has 4 fully saturated rings. The second kappa shape index (κ2) is 5.13. The minimum Gasteiger partial charge on any atom is -0.366 e. The molecule has 26 heavy (non-hydrogen) atoms. The number of rotatable bonds is 1. The van der Waals surface area contributed by atoms with E-state index in [1.807, 2.05) is 6.08 Å². The monoisotopic (exact) mass is 352 g/mol. The van der Waals surface area contributed by atoms with Crippen LogP contribution in [0.2, 0.25) is 0 Å². The van der Waals surface area contributed by atoms with Crippen molar-refractivity contribution in [3.8, 4) is 0 Å². The van der Waals surface area contributed by atoms with Gasteiger partial charge in [-0.25, -0.2) is 0 Å². The number of allylic oxidation sites excluding steroid dienone is 1. The van der Waals surface area contributed by atoms with Gasteiger partial charge in [-0.05, 0) is 86.0 Å². The topological polar surface area (TPSA) is 26.3 Å². The van der Waals surface area contributed by atoms with Crippen molar-refractivity contribution in [1.82, 2.24) is 0 Å². The number of carbonyl (C=O) groups is 1. The van der Waals surface area contributed by atoms with Crippen molar-refractivity contribution >= 4 is 5.78 Å². The maximum Gasteiger partial charge on any atom is 0.155 e. The Balaban J connectivity index is 1.43. The van der Waals surface area contributed by atoms with Crippen LogP contribution in [0.15, 0.2) is 23.8 Å². The van der Waals surface area contributed by atoms with Crippen LogP contribution in [0.5, 0.6) is 0 Å². The van der Waals surface area contributed by atoms with Gasteiger partial charge in [-0.2, -0.15) is 0 Å². The van der Waals surface area contributed by atoms with E-state index in [1.165, 1.54) is 37.7 Å². The maximum absolute atomic E-state index is 12.0. The van der Waals surface area contributed by atoms with Crippen LogP contribution in [0.3, 0.4) is 0 Å². The summed E-state index contributed by atoms with van der Waals surface area (Å²) in [7, 11) is 0. The summed E-state index contributed by atoms with van der Waals surface area (Å²) in [5.41, 5.74) is 1.96. The average Bonchev–Trinajstić information content (AvgIpc) is 3.21. The third-order valence-corrected chi connectivity index (χ3v) is 9.77. The minimum absolute atomic E-state index is 0.0699. The van der Waals surface area contributed by atoms with Crippen molar-refractivity contribution in [2.24, 2.45) is 46.8 Å². The van der Waals surface area contributed by atoms with E-state index in [0.29, 0.717) is 17.1 Å². The average molecular weight is 353 g/mol. The summed E-state index contributed by atoms with van der Waals surface area (Å²) < 4.78 is 6.59. The fourth-order valence-corrected chi connectivity index (χ4v) is 9.05. The number of ether oxygens (including phenoxy) is 1. The van der Waals surface area contributed by atoms with Gasteiger partial charge in [0.2, 0.25) is 0 Å². The molecule has 0 aromatic heterocycles. The lowest BCUT2D eigenvalue weighted by atomic mass is 9.46. The first-order valence-electron chi connectivity index (χ1n) is 11.2. The number of carbonyl (C=O) groups excluding carboxylic acids is 1. The molecule has 2 heteroatoms. The molecule has 140 valence electrons. The van der Waals surface area contributed by atoms with Crippen molar-refractivity contribution in [2.45, 2.75) is 64.4 Å². The SMILES string of the molecule is CC[C@]12CCC3C(C(C)CC4=CC(=O)CC[C@@H]43)C1C1C[C@@H]1[C@@]21C=CCO1. The van der Waals surface area contributed by atoms with Crippen molar-refractivity contribution in [3.05, 3.63) is 23.8 Å². The van der Waals surface area contributed by atoms with E-state index in [1.54, 1.807) is 0 Å². The van der Waals surface area contributed by atoms with Crippen LogP contribution < -0.4 is 0 Å². The van der Waals surface area contributed by atoms with E-state index in [0.717, 1.165) is 55.0 Å². The standard InChI is InChI=1S/C24H32O2/c1-3-23-9-7-18-17-6-5-16(25)12-15(17)11-14(2)21(18)22(23)19-13-20(19)24(23)8-4-10-26-24/h4,8,12,14,17-22H,3,5-7,9-11,13H2,1-2H3/t14?,17-,18?,19?,20-,21?,22?,23-,24-/m0/s1. The van der Waals surface area contributed by atoms with Gasteiger partial charge < -0.3 is 4.74 Å². The van der Waals surface area contributed by atoms with Gasteiger partial charge in [0.05, 0.1) is 12.2 Å². The second-order valence-corrected chi connectivity index (χ2v) is 10.3. The van der Waals surface area contributed by atoms with Crippen molar-refractivity contribution in [3.63, 3.8) is 0 Å². The van der Waals surface area contributed by atoms with Gasteiger partial charge in [0, 0.05) is 11.8 Å². The van der Waals surface area contributed by atoms with Gasteiger partial charge >= 0.3 is 0 Å². The van der Waals surface area contributed by atoms with E-state index in [4.69, 9.17) is 4.74 Å². The Morgan fingerprint density at radius 3 is 2.92 bits per heavy atom. The molecular formula is C24H32O2. The molecule has 1 heterocycles. The quantitative estimate of drug-likeness (QED) is 0.625. The first-order chi connectivity index (χ1) is 12.6. The molecule has 9 atom stereocenters. The minimum atomic E-state index is 0.0699. The summed E-state index contributed by atoms with van der Waals surface area (Å²) >= 11 is 0. The smallest absolute Gasteiger partial charge is 0.155 e. The molecule has 4 saturated carbocycles. The molecule has 2 nitrogen and oxygen atoms in total. The van der Waals surface area contributed by atoms with Crippen LogP contribution >= 0.6 is 0 Å². The van der Waals surface area contributed by atoms with E-state index in [-0.39, 0.29) is 5.60 Å². The highest BCUT2D eigenvalue weighted by atomic mass is 16.5. The second-order valence-electron chi connectivity index (χ2n) is 10.3. The zero-order valence-corrected chi connectivity index (χ0v) is 16.2. The Labute approximate surface area is 157 Å². The predicted octanol–water partition coefficient (Wildman–Crippen LogP) is 4.95. The highest BCUT2D eigenvalue weighted by molar-refractivity contribution is 5.91. The fourth-order valence-electron chi connectivity index (χ4n) is 9.05. The normalized spacial score (nSPS) is 56.6. The van der Waals surface area contributed by atoms with Crippen LogP contribution in [-0.4, -0.2) is 18.0 Å². The summed E-state index contributed by atoms with van der Waals surface area (Å²) in [4.78, 5) is 12.0. The number of fused-ring (bicyclic) bond motifs is 9. The summed E-state index contributed by atoms with van der Waals surface area (Å²) in [6.07, 6.45) is 15.3. The van der Waals surface area contributed by atoms with Crippen molar-refractivity contribution in [2.75, 3.05) is 6.61 Å². The van der Waals surface area contributed by atoms with Crippen LogP contribution in [0.1, 0.15) is 58.8 Å². The molecule has 1 spiro atoms. The Hall–Kier alpha value is -0.890. The first kappa shape index (κ1) is 16.1. The third kappa shape index (κ3) is 1.72.